The van der Waals surface area contributed by atoms with E-state index >= 15 is 0 Å². The first-order valence-electron chi connectivity index (χ1n) is 10.7. The normalized spacial score (nSPS) is 16.1. The van der Waals surface area contributed by atoms with Crippen molar-refractivity contribution < 1.29 is 28.5 Å². The lowest BCUT2D eigenvalue weighted by atomic mass is 9.88. The molecule has 0 aromatic heterocycles. The second kappa shape index (κ2) is 9.77. The summed E-state index contributed by atoms with van der Waals surface area (Å²) in [7, 11) is 3.17. The van der Waals surface area contributed by atoms with Crippen LogP contribution in [0.15, 0.2) is 42.5 Å². The molecule has 0 saturated carbocycles. The van der Waals surface area contributed by atoms with Crippen LogP contribution in [0.5, 0.6) is 23.0 Å². The Kier molecular flexibility index (Phi) is 6.63. The lowest BCUT2D eigenvalue weighted by Gasteiger charge is -2.30. The zero-order valence-corrected chi connectivity index (χ0v) is 18.3. The quantitative estimate of drug-likeness (QED) is 0.508. The molecule has 0 unspecified atom stereocenters. The van der Waals surface area contributed by atoms with E-state index < -0.39 is 0 Å². The number of likely N-dealkylation sites (tertiary alicyclic amines) is 1. The standard InChI is InChI=1S/C25H27NO6/c1-29-20-13-17(14-21(16-20)30-2)3-6-24(27)26-9-7-18(8-10-26)25(28)19-4-5-22-23(15-19)32-12-11-31-22/h3-6,13-16,18H,7-12H2,1-2H3/b6-3+. The average molecular weight is 437 g/mol. The minimum absolute atomic E-state index is 0.0722. The number of hydrogen-bond donors (Lipinski definition) is 0. The molecule has 2 aromatic rings. The second-order valence-corrected chi connectivity index (χ2v) is 7.80. The summed E-state index contributed by atoms with van der Waals surface area (Å²) in [5.74, 6) is 2.53. The summed E-state index contributed by atoms with van der Waals surface area (Å²) in [5, 5.41) is 0. The number of nitrogens with zero attached hydrogens (tertiary/aromatic N) is 1. The molecular weight excluding hydrogens is 410 g/mol. The number of benzene rings is 2. The Hall–Kier alpha value is -3.48. The Morgan fingerprint density at radius 3 is 2.25 bits per heavy atom. The number of amides is 1. The number of Topliss-reactive ketones (excluding diaryl/α,β-unsaturated/α-hetero) is 1. The van der Waals surface area contributed by atoms with Crippen LogP contribution < -0.4 is 18.9 Å². The zero-order chi connectivity index (χ0) is 22.5. The smallest absolute Gasteiger partial charge is 0.246 e. The maximum absolute atomic E-state index is 13.0. The molecule has 0 aliphatic carbocycles. The third-order valence-corrected chi connectivity index (χ3v) is 5.80. The maximum atomic E-state index is 13.0. The van der Waals surface area contributed by atoms with Crippen LogP contribution in [0.25, 0.3) is 6.08 Å². The monoisotopic (exact) mass is 437 g/mol. The van der Waals surface area contributed by atoms with Gasteiger partial charge in [0.1, 0.15) is 24.7 Å². The van der Waals surface area contributed by atoms with E-state index in [1.54, 1.807) is 55.5 Å². The molecule has 7 heteroatoms. The molecule has 0 radical (unpaired) electrons. The highest BCUT2D eigenvalue weighted by Crippen LogP contribution is 2.32. The number of rotatable bonds is 6. The van der Waals surface area contributed by atoms with Gasteiger partial charge in [0.05, 0.1) is 14.2 Å². The summed E-state index contributed by atoms with van der Waals surface area (Å²) in [6.07, 6.45) is 4.58. The Balaban J connectivity index is 1.35. The molecule has 0 bridgehead atoms. The van der Waals surface area contributed by atoms with Gasteiger partial charge in [0.15, 0.2) is 17.3 Å². The summed E-state index contributed by atoms with van der Waals surface area (Å²) in [4.78, 5) is 27.4. The van der Waals surface area contributed by atoms with E-state index in [0.29, 0.717) is 67.7 Å². The van der Waals surface area contributed by atoms with Crippen LogP contribution in [-0.4, -0.2) is 57.1 Å². The van der Waals surface area contributed by atoms with Gasteiger partial charge in [-0.05, 0) is 54.8 Å². The Bertz CT molecular complexity index is 1000. The third-order valence-electron chi connectivity index (χ3n) is 5.80. The van der Waals surface area contributed by atoms with Crippen molar-refractivity contribution in [3.63, 3.8) is 0 Å². The lowest BCUT2D eigenvalue weighted by molar-refractivity contribution is -0.127. The van der Waals surface area contributed by atoms with Gasteiger partial charge >= 0.3 is 0 Å². The highest BCUT2D eigenvalue weighted by molar-refractivity contribution is 5.99. The molecule has 1 amide bonds. The van der Waals surface area contributed by atoms with Crippen LogP contribution in [0, 0.1) is 5.92 Å². The first kappa shape index (κ1) is 21.7. The summed E-state index contributed by atoms with van der Waals surface area (Å²) in [6.45, 7) is 2.10. The van der Waals surface area contributed by atoms with Gasteiger partial charge in [0, 0.05) is 36.7 Å². The average Bonchev–Trinajstić information content (AvgIpc) is 2.86. The molecule has 7 nitrogen and oxygen atoms in total. The Morgan fingerprint density at radius 1 is 0.938 bits per heavy atom. The van der Waals surface area contributed by atoms with E-state index in [1.165, 1.54) is 0 Å². The van der Waals surface area contributed by atoms with Crippen molar-refractivity contribution in [2.45, 2.75) is 12.8 Å². The molecule has 0 N–H and O–H groups in total. The van der Waals surface area contributed by atoms with Gasteiger partial charge in [-0.25, -0.2) is 0 Å². The minimum atomic E-state index is -0.103. The van der Waals surface area contributed by atoms with Gasteiger partial charge in [-0.3, -0.25) is 9.59 Å². The van der Waals surface area contributed by atoms with Crippen molar-refractivity contribution in [3.05, 3.63) is 53.6 Å². The van der Waals surface area contributed by atoms with Crippen LogP contribution in [0.4, 0.5) is 0 Å². The number of methoxy groups -OCH3 is 2. The van der Waals surface area contributed by atoms with Gasteiger partial charge in [0.25, 0.3) is 0 Å². The lowest BCUT2D eigenvalue weighted by Crippen LogP contribution is -2.39. The fourth-order valence-corrected chi connectivity index (χ4v) is 3.99. The summed E-state index contributed by atoms with van der Waals surface area (Å²) in [6, 6.07) is 10.8. The van der Waals surface area contributed by atoms with Crippen LogP contribution in [0.2, 0.25) is 0 Å². The number of fused-ring (bicyclic) bond motifs is 1. The number of carbonyl (C=O) groups is 2. The molecule has 0 atom stereocenters. The van der Waals surface area contributed by atoms with E-state index in [4.69, 9.17) is 18.9 Å². The predicted octanol–water partition coefficient (Wildman–Crippen LogP) is 3.61. The number of carbonyl (C=O) groups excluding carboxylic acids is 2. The van der Waals surface area contributed by atoms with E-state index in [1.807, 2.05) is 12.1 Å². The van der Waals surface area contributed by atoms with Crippen LogP contribution >= 0.6 is 0 Å². The van der Waals surface area contributed by atoms with E-state index in [-0.39, 0.29) is 17.6 Å². The molecule has 32 heavy (non-hydrogen) atoms. The first-order valence-corrected chi connectivity index (χ1v) is 10.7. The van der Waals surface area contributed by atoms with Gasteiger partial charge in [-0.1, -0.05) is 0 Å². The Labute approximate surface area is 187 Å². The summed E-state index contributed by atoms with van der Waals surface area (Å²) >= 11 is 0. The number of piperidine rings is 1. The molecule has 1 fully saturated rings. The number of ether oxygens (including phenoxy) is 4. The highest BCUT2D eigenvalue weighted by Gasteiger charge is 2.28. The van der Waals surface area contributed by atoms with Crippen molar-refractivity contribution in [2.75, 3.05) is 40.5 Å². The zero-order valence-electron chi connectivity index (χ0n) is 18.3. The fraction of sp³-hybridized carbons (Fsp3) is 0.360. The molecule has 2 aliphatic heterocycles. The van der Waals surface area contributed by atoms with Gasteiger partial charge in [-0.15, -0.1) is 0 Å². The van der Waals surface area contributed by atoms with Crippen LogP contribution in [0.1, 0.15) is 28.8 Å². The second-order valence-electron chi connectivity index (χ2n) is 7.80. The molecule has 1 saturated heterocycles. The minimum Gasteiger partial charge on any atom is -0.497 e. The third kappa shape index (κ3) is 4.88. The maximum Gasteiger partial charge on any atom is 0.246 e. The van der Waals surface area contributed by atoms with Crippen molar-refractivity contribution in [3.8, 4) is 23.0 Å². The SMILES string of the molecule is COc1cc(/C=C/C(=O)N2CCC(C(=O)c3ccc4c(c3)OCCO4)CC2)cc(OC)c1. The highest BCUT2D eigenvalue weighted by atomic mass is 16.6. The van der Waals surface area contributed by atoms with Crippen molar-refractivity contribution in [2.24, 2.45) is 5.92 Å². The Morgan fingerprint density at radius 2 is 1.59 bits per heavy atom. The molecular formula is C25H27NO6. The van der Waals surface area contributed by atoms with Crippen molar-refractivity contribution in [1.82, 2.24) is 4.90 Å². The topological polar surface area (TPSA) is 74.3 Å². The summed E-state index contributed by atoms with van der Waals surface area (Å²) in [5.41, 5.74) is 1.45. The largest absolute Gasteiger partial charge is 0.497 e. The molecule has 168 valence electrons. The van der Waals surface area contributed by atoms with Crippen molar-refractivity contribution in [1.29, 1.82) is 0 Å². The molecule has 4 rings (SSSR count). The van der Waals surface area contributed by atoms with Crippen LogP contribution in [0.3, 0.4) is 0 Å². The van der Waals surface area contributed by atoms with Gasteiger partial charge in [0.2, 0.25) is 5.91 Å². The first-order chi connectivity index (χ1) is 15.6. The van der Waals surface area contributed by atoms with Crippen LogP contribution in [-0.2, 0) is 4.79 Å². The van der Waals surface area contributed by atoms with Gasteiger partial charge in [-0.2, -0.15) is 0 Å². The van der Waals surface area contributed by atoms with Crippen molar-refractivity contribution >= 4 is 17.8 Å². The van der Waals surface area contributed by atoms with E-state index in [0.717, 1.165) is 5.56 Å². The molecule has 2 aliphatic rings. The van der Waals surface area contributed by atoms with E-state index in [9.17, 15) is 9.59 Å². The van der Waals surface area contributed by atoms with Gasteiger partial charge < -0.3 is 23.8 Å². The summed E-state index contributed by atoms with van der Waals surface area (Å²) < 4.78 is 21.6. The molecule has 2 aromatic carbocycles. The van der Waals surface area contributed by atoms with E-state index in [2.05, 4.69) is 0 Å². The fourth-order valence-electron chi connectivity index (χ4n) is 3.99. The number of hydrogen-bond acceptors (Lipinski definition) is 6. The number of ketones is 1. The molecule has 0 spiro atoms. The predicted molar refractivity (Wildman–Crippen MR) is 120 cm³/mol. The molecule has 2 heterocycles.